The Balaban J connectivity index is 2.70. The van der Waals surface area contributed by atoms with Gasteiger partial charge in [0, 0.05) is 5.92 Å². The van der Waals surface area contributed by atoms with Gasteiger partial charge in [0.1, 0.15) is 5.60 Å². The third-order valence-electron chi connectivity index (χ3n) is 2.45. The smallest absolute Gasteiger partial charge is 0.336 e. The van der Waals surface area contributed by atoms with Gasteiger partial charge in [0.25, 0.3) is 0 Å². The van der Waals surface area contributed by atoms with E-state index < -0.39 is 17.7 Å². The van der Waals surface area contributed by atoms with Gasteiger partial charge in [-0.1, -0.05) is 37.3 Å². The molecule has 0 fully saturated rings. The standard InChI is InChI=1S/C14H20O3/c1-10(11-8-6-5-7-9-11)12(15)13(16)17-14(2,3)4/h5-10,12,15H,1-4H3. The lowest BCUT2D eigenvalue weighted by Gasteiger charge is -2.24. The SMILES string of the molecule is CC(c1ccccc1)C(O)C(=O)OC(C)(C)C. The van der Waals surface area contributed by atoms with Gasteiger partial charge in [-0.2, -0.15) is 0 Å². The first-order chi connectivity index (χ1) is 7.81. The van der Waals surface area contributed by atoms with E-state index in [0.717, 1.165) is 5.56 Å². The van der Waals surface area contributed by atoms with Crippen LogP contribution in [0.2, 0.25) is 0 Å². The molecule has 0 bridgehead atoms. The molecule has 0 heterocycles. The molecule has 3 heteroatoms. The highest BCUT2D eigenvalue weighted by Gasteiger charge is 2.28. The molecule has 2 atom stereocenters. The van der Waals surface area contributed by atoms with Crippen molar-refractivity contribution in [2.75, 3.05) is 0 Å². The first-order valence-electron chi connectivity index (χ1n) is 5.77. The fourth-order valence-electron chi connectivity index (χ4n) is 1.51. The second-order valence-corrected chi connectivity index (χ2v) is 5.18. The summed E-state index contributed by atoms with van der Waals surface area (Å²) in [6.45, 7) is 7.16. The van der Waals surface area contributed by atoms with E-state index in [0.29, 0.717) is 0 Å². The van der Waals surface area contributed by atoms with Crippen LogP contribution in [0.1, 0.15) is 39.2 Å². The van der Waals surface area contributed by atoms with E-state index in [4.69, 9.17) is 4.74 Å². The van der Waals surface area contributed by atoms with E-state index in [2.05, 4.69) is 0 Å². The third kappa shape index (κ3) is 4.19. The van der Waals surface area contributed by atoms with Crippen molar-refractivity contribution in [1.29, 1.82) is 0 Å². The van der Waals surface area contributed by atoms with Gasteiger partial charge in [-0.3, -0.25) is 0 Å². The Hall–Kier alpha value is -1.35. The molecule has 3 nitrogen and oxygen atoms in total. The molecule has 2 unspecified atom stereocenters. The Kier molecular flexibility index (Phi) is 4.29. The molecule has 1 rings (SSSR count). The van der Waals surface area contributed by atoms with Gasteiger partial charge in [-0.05, 0) is 26.3 Å². The average molecular weight is 236 g/mol. The van der Waals surface area contributed by atoms with Crippen LogP contribution in [0.25, 0.3) is 0 Å². The van der Waals surface area contributed by atoms with Crippen LogP contribution in [-0.4, -0.2) is 22.8 Å². The van der Waals surface area contributed by atoms with Crippen molar-refractivity contribution in [1.82, 2.24) is 0 Å². The number of benzene rings is 1. The van der Waals surface area contributed by atoms with Crippen LogP contribution in [0, 0.1) is 0 Å². The highest BCUT2D eigenvalue weighted by Crippen LogP contribution is 2.21. The molecule has 0 radical (unpaired) electrons. The molecule has 0 saturated heterocycles. The van der Waals surface area contributed by atoms with Crippen molar-refractivity contribution >= 4 is 5.97 Å². The molecule has 1 aromatic carbocycles. The second kappa shape index (κ2) is 5.32. The number of esters is 1. The maximum atomic E-state index is 11.7. The lowest BCUT2D eigenvalue weighted by Crippen LogP contribution is -2.34. The van der Waals surface area contributed by atoms with Gasteiger partial charge in [0.2, 0.25) is 0 Å². The van der Waals surface area contributed by atoms with E-state index in [1.165, 1.54) is 0 Å². The molecule has 0 saturated carbocycles. The number of aliphatic hydroxyl groups is 1. The van der Waals surface area contributed by atoms with Crippen molar-refractivity contribution < 1.29 is 14.6 Å². The molecular weight excluding hydrogens is 216 g/mol. The summed E-state index contributed by atoms with van der Waals surface area (Å²) in [5.74, 6) is -0.847. The molecular formula is C14H20O3. The van der Waals surface area contributed by atoms with Gasteiger partial charge < -0.3 is 9.84 Å². The van der Waals surface area contributed by atoms with Crippen LogP contribution in [0.3, 0.4) is 0 Å². The van der Waals surface area contributed by atoms with E-state index >= 15 is 0 Å². The zero-order valence-electron chi connectivity index (χ0n) is 10.8. The second-order valence-electron chi connectivity index (χ2n) is 5.18. The Morgan fingerprint density at radius 2 is 1.76 bits per heavy atom. The number of carbonyl (C=O) groups is 1. The summed E-state index contributed by atoms with van der Waals surface area (Å²) in [6, 6.07) is 9.44. The molecule has 0 spiro atoms. The van der Waals surface area contributed by atoms with E-state index in [1.54, 1.807) is 20.8 Å². The maximum absolute atomic E-state index is 11.7. The molecule has 0 amide bonds. The lowest BCUT2D eigenvalue weighted by atomic mass is 9.95. The molecule has 0 aliphatic carbocycles. The number of hydrogen-bond donors (Lipinski definition) is 1. The highest BCUT2D eigenvalue weighted by atomic mass is 16.6. The van der Waals surface area contributed by atoms with Crippen molar-refractivity contribution in [3.8, 4) is 0 Å². The predicted molar refractivity (Wildman–Crippen MR) is 66.7 cm³/mol. The molecule has 94 valence electrons. The summed E-state index contributed by atoms with van der Waals surface area (Å²) >= 11 is 0. The summed E-state index contributed by atoms with van der Waals surface area (Å²) in [6.07, 6.45) is -1.13. The monoisotopic (exact) mass is 236 g/mol. The Morgan fingerprint density at radius 3 is 2.24 bits per heavy atom. The summed E-state index contributed by atoms with van der Waals surface area (Å²) in [4.78, 5) is 11.7. The normalized spacial score (nSPS) is 15.1. The van der Waals surface area contributed by atoms with Crippen molar-refractivity contribution in [2.24, 2.45) is 0 Å². The summed E-state index contributed by atoms with van der Waals surface area (Å²) < 4.78 is 5.15. The van der Waals surface area contributed by atoms with Gasteiger partial charge in [-0.15, -0.1) is 0 Å². The van der Waals surface area contributed by atoms with Gasteiger partial charge in [0.15, 0.2) is 6.10 Å². The largest absolute Gasteiger partial charge is 0.458 e. The quantitative estimate of drug-likeness (QED) is 0.820. The molecule has 0 aliphatic rings. The number of carbonyl (C=O) groups excluding carboxylic acids is 1. The molecule has 0 aromatic heterocycles. The highest BCUT2D eigenvalue weighted by molar-refractivity contribution is 5.76. The van der Waals surface area contributed by atoms with Gasteiger partial charge in [-0.25, -0.2) is 4.79 Å². The molecule has 17 heavy (non-hydrogen) atoms. The molecule has 1 N–H and O–H groups in total. The fourth-order valence-corrected chi connectivity index (χ4v) is 1.51. The number of hydrogen-bond acceptors (Lipinski definition) is 3. The van der Waals surface area contributed by atoms with E-state index in [-0.39, 0.29) is 5.92 Å². The number of aliphatic hydroxyl groups excluding tert-OH is 1. The van der Waals surface area contributed by atoms with Gasteiger partial charge in [0.05, 0.1) is 0 Å². The van der Waals surface area contributed by atoms with Crippen molar-refractivity contribution in [3.63, 3.8) is 0 Å². The van der Waals surface area contributed by atoms with Crippen LogP contribution in [-0.2, 0) is 9.53 Å². The first kappa shape index (κ1) is 13.7. The Bertz CT molecular complexity index is 365. The number of rotatable bonds is 3. The Labute approximate surface area is 102 Å². The van der Waals surface area contributed by atoms with Gasteiger partial charge >= 0.3 is 5.97 Å². The lowest BCUT2D eigenvalue weighted by molar-refractivity contribution is -0.166. The average Bonchev–Trinajstić information content (AvgIpc) is 2.26. The molecule has 0 aliphatic heterocycles. The van der Waals surface area contributed by atoms with Crippen molar-refractivity contribution in [3.05, 3.63) is 35.9 Å². The minimum absolute atomic E-state index is 0.272. The van der Waals surface area contributed by atoms with Crippen LogP contribution in [0.15, 0.2) is 30.3 Å². The maximum Gasteiger partial charge on any atom is 0.336 e. The van der Waals surface area contributed by atoms with E-state index in [9.17, 15) is 9.90 Å². The topological polar surface area (TPSA) is 46.5 Å². The van der Waals surface area contributed by atoms with Crippen LogP contribution in [0.4, 0.5) is 0 Å². The van der Waals surface area contributed by atoms with Crippen LogP contribution >= 0.6 is 0 Å². The van der Waals surface area contributed by atoms with Crippen LogP contribution in [0.5, 0.6) is 0 Å². The van der Waals surface area contributed by atoms with Crippen molar-refractivity contribution in [2.45, 2.75) is 45.3 Å². The Morgan fingerprint density at radius 1 is 1.24 bits per heavy atom. The summed E-state index contributed by atoms with van der Waals surface area (Å²) in [7, 11) is 0. The zero-order valence-corrected chi connectivity index (χ0v) is 10.8. The number of ether oxygens (including phenoxy) is 1. The minimum atomic E-state index is -1.13. The molecule has 1 aromatic rings. The fraction of sp³-hybridized carbons (Fsp3) is 0.500. The summed E-state index contributed by atoms with van der Waals surface area (Å²) in [5.41, 5.74) is 0.347. The first-order valence-corrected chi connectivity index (χ1v) is 5.77. The predicted octanol–water partition coefficient (Wildman–Crippen LogP) is 2.49. The third-order valence-corrected chi connectivity index (χ3v) is 2.45. The van der Waals surface area contributed by atoms with Crippen LogP contribution < -0.4 is 0 Å². The van der Waals surface area contributed by atoms with E-state index in [1.807, 2.05) is 37.3 Å². The summed E-state index contributed by atoms with van der Waals surface area (Å²) in [5, 5.41) is 9.93. The minimum Gasteiger partial charge on any atom is -0.458 e. The zero-order chi connectivity index (χ0) is 13.1.